The van der Waals surface area contributed by atoms with E-state index in [0.29, 0.717) is 25.9 Å². The highest BCUT2D eigenvalue weighted by Gasteiger charge is 3.04. The number of unbranched alkanes of at least 4 members (excludes halogenated alkanes) is 3. The van der Waals surface area contributed by atoms with Gasteiger partial charge in [0, 0.05) is 5.92 Å². The molecule has 8 heteroatoms. The molecule has 0 radical (unpaired) electrons. The lowest BCUT2D eigenvalue weighted by Crippen LogP contribution is -2.77. The summed E-state index contributed by atoms with van der Waals surface area (Å²) in [5.74, 6) is -1.97. The van der Waals surface area contributed by atoms with E-state index in [-0.39, 0.29) is 10.4 Å². The zero-order valence-corrected chi connectivity index (χ0v) is 17.8. The second-order valence-corrected chi connectivity index (χ2v) is 9.51. The van der Waals surface area contributed by atoms with Gasteiger partial charge in [-0.25, -0.2) is 9.59 Å². The van der Waals surface area contributed by atoms with Crippen molar-refractivity contribution >= 4 is 22.0 Å². The molecule has 7 nitrogen and oxygen atoms in total. The number of rotatable bonds is 12. The Morgan fingerprint density at radius 2 is 1.52 bits per heavy atom. The van der Waals surface area contributed by atoms with Crippen molar-refractivity contribution < 1.29 is 31.8 Å². The van der Waals surface area contributed by atoms with Crippen molar-refractivity contribution in [2.75, 3.05) is 13.1 Å². The summed E-state index contributed by atoms with van der Waals surface area (Å²) in [4.78, 5) is 25.9. The van der Waals surface area contributed by atoms with E-state index >= 15 is 0 Å². The molecule has 2 fully saturated rings. The van der Waals surface area contributed by atoms with E-state index in [4.69, 9.17) is 4.74 Å². The number of quaternary nitrogens is 1. The normalized spacial score (nSPS) is 30.1. The number of hydrogen-bond donors (Lipinski definition) is 1. The zero-order valence-electron chi connectivity index (χ0n) is 17.0. The highest BCUT2D eigenvalue weighted by Crippen LogP contribution is 2.66. The molecule has 1 spiro atoms. The van der Waals surface area contributed by atoms with Gasteiger partial charge < -0.3 is 4.74 Å². The highest BCUT2D eigenvalue weighted by molar-refractivity contribution is 7.88. The first-order valence-corrected chi connectivity index (χ1v) is 11.7. The first-order chi connectivity index (χ1) is 12.7. The lowest BCUT2D eigenvalue weighted by Gasteiger charge is -2.46. The number of ether oxygens (including phenoxy) is 1. The third kappa shape index (κ3) is 2.78. The van der Waals surface area contributed by atoms with Gasteiger partial charge in [0.25, 0.3) is 10.1 Å². The van der Waals surface area contributed by atoms with E-state index in [1.807, 2.05) is 20.8 Å². The minimum atomic E-state index is -4.83. The predicted molar refractivity (Wildman–Crippen MR) is 101 cm³/mol. The van der Waals surface area contributed by atoms with Crippen LogP contribution in [0.2, 0.25) is 0 Å². The molecule has 2 rings (SSSR count). The average Bonchev–Trinajstić information content (AvgIpc) is 3.13. The number of carbonyl (C=O) groups is 2. The fourth-order valence-electron chi connectivity index (χ4n) is 4.94. The van der Waals surface area contributed by atoms with Crippen molar-refractivity contribution in [2.45, 2.75) is 89.5 Å². The molecule has 2 saturated heterocycles. The van der Waals surface area contributed by atoms with Crippen LogP contribution in [0.1, 0.15) is 79.1 Å². The number of amides is 1. The molecule has 1 N–H and O–H groups in total. The van der Waals surface area contributed by atoms with Gasteiger partial charge in [0.2, 0.25) is 0 Å². The topological polar surface area (TPSA) is 97.7 Å². The Balaban J connectivity index is 2.59. The Morgan fingerprint density at radius 1 is 1.00 bits per heavy atom. The van der Waals surface area contributed by atoms with E-state index < -0.39 is 32.5 Å². The van der Waals surface area contributed by atoms with Gasteiger partial charge in [-0.1, -0.05) is 59.8 Å². The molecule has 0 aromatic heterocycles. The minimum Gasteiger partial charge on any atom is -0.393 e. The Kier molecular flexibility index (Phi) is 6.44. The maximum atomic E-state index is 13.2. The molecular weight excluding hydrogens is 370 g/mol. The van der Waals surface area contributed by atoms with Crippen molar-refractivity contribution in [1.82, 2.24) is 0 Å². The molecule has 1 amide bonds. The van der Waals surface area contributed by atoms with Crippen molar-refractivity contribution in [3.05, 3.63) is 0 Å². The first-order valence-electron chi connectivity index (χ1n) is 10.3. The van der Waals surface area contributed by atoms with Crippen molar-refractivity contribution in [2.24, 2.45) is 5.92 Å². The van der Waals surface area contributed by atoms with Crippen LogP contribution in [0.5, 0.6) is 0 Å². The summed E-state index contributed by atoms with van der Waals surface area (Å²) in [6.07, 6.45) is 5.52. The van der Waals surface area contributed by atoms with Gasteiger partial charge in [-0.3, -0.25) is 4.55 Å². The smallest absolute Gasteiger partial charge is 0.393 e. The third-order valence-corrected chi connectivity index (χ3v) is 8.04. The quantitative estimate of drug-likeness (QED) is 0.232. The molecule has 0 aromatic rings. The molecule has 0 aliphatic carbocycles. The molecule has 0 saturated carbocycles. The fraction of sp³-hybridized carbons (Fsp3) is 0.895. The molecule has 0 aromatic carbocycles. The van der Waals surface area contributed by atoms with Gasteiger partial charge in [0.05, 0.1) is 13.1 Å². The standard InChI is InChI=1S/C19H33NO6S/c1-5-9-12-15(8-4)18(27(23,24)25)17(22)26-19(18)16(21)20(19,13-10-6-2)14-11-7-3/h15H,5-14H2,1-4H3/p+1. The van der Waals surface area contributed by atoms with Crippen LogP contribution in [0, 0.1) is 5.92 Å². The monoisotopic (exact) mass is 404 g/mol. The van der Waals surface area contributed by atoms with Crippen LogP contribution in [0.3, 0.4) is 0 Å². The van der Waals surface area contributed by atoms with Crippen LogP contribution < -0.4 is 0 Å². The van der Waals surface area contributed by atoms with Gasteiger partial charge in [0.1, 0.15) is 0 Å². The Hall–Kier alpha value is -0.990. The molecule has 0 bridgehead atoms. The Labute approximate surface area is 162 Å². The van der Waals surface area contributed by atoms with Crippen LogP contribution in [-0.4, -0.2) is 52.9 Å². The maximum Gasteiger partial charge on any atom is 0.424 e. The zero-order chi connectivity index (χ0) is 20.5. The first kappa shape index (κ1) is 22.3. The highest BCUT2D eigenvalue weighted by atomic mass is 32.2. The third-order valence-electron chi connectivity index (χ3n) is 6.45. The second-order valence-electron chi connectivity index (χ2n) is 7.92. The van der Waals surface area contributed by atoms with Crippen LogP contribution in [0.15, 0.2) is 0 Å². The SMILES string of the molecule is CCCCC(CC)C1(S(=O)(=O)O)C(=O)OC12C(=O)[N+]2(CCCC)CCCC. The molecule has 27 heavy (non-hydrogen) atoms. The van der Waals surface area contributed by atoms with E-state index in [0.717, 1.165) is 38.5 Å². The number of nitrogens with zero attached hydrogens (tertiary/aromatic N) is 1. The molecule has 3 unspecified atom stereocenters. The van der Waals surface area contributed by atoms with Crippen LogP contribution in [0.4, 0.5) is 0 Å². The van der Waals surface area contributed by atoms with E-state index in [9.17, 15) is 22.6 Å². The Morgan fingerprint density at radius 3 is 1.89 bits per heavy atom. The van der Waals surface area contributed by atoms with Crippen LogP contribution >= 0.6 is 0 Å². The summed E-state index contributed by atoms with van der Waals surface area (Å²) in [6.45, 7) is 8.64. The molecular formula is C19H34NO6S+. The van der Waals surface area contributed by atoms with E-state index in [1.54, 1.807) is 6.92 Å². The van der Waals surface area contributed by atoms with Crippen molar-refractivity contribution in [1.29, 1.82) is 0 Å². The lowest BCUT2D eigenvalue weighted by atomic mass is 9.77. The number of hydrogen-bond acceptors (Lipinski definition) is 5. The van der Waals surface area contributed by atoms with Crippen LogP contribution in [-0.2, 0) is 24.4 Å². The van der Waals surface area contributed by atoms with Gasteiger partial charge in [0.15, 0.2) is 0 Å². The lowest BCUT2D eigenvalue weighted by molar-refractivity contribution is -0.825. The average molecular weight is 405 g/mol. The molecule has 2 aliphatic heterocycles. The Bertz CT molecular complexity index is 682. The van der Waals surface area contributed by atoms with Gasteiger partial charge in [-0.2, -0.15) is 12.9 Å². The summed E-state index contributed by atoms with van der Waals surface area (Å²) in [5.41, 5.74) is -1.75. The van der Waals surface area contributed by atoms with Crippen LogP contribution in [0.25, 0.3) is 0 Å². The predicted octanol–water partition coefficient (Wildman–Crippen LogP) is 3.04. The fourth-order valence-corrected chi connectivity index (χ4v) is 6.56. The summed E-state index contributed by atoms with van der Waals surface area (Å²) >= 11 is 0. The summed E-state index contributed by atoms with van der Waals surface area (Å²) in [5, 5.41) is 0. The van der Waals surface area contributed by atoms with E-state index in [2.05, 4.69) is 0 Å². The molecule has 3 atom stereocenters. The van der Waals surface area contributed by atoms with Crippen molar-refractivity contribution in [3.8, 4) is 0 Å². The summed E-state index contributed by atoms with van der Waals surface area (Å²) in [7, 11) is -4.83. The van der Waals surface area contributed by atoms with Gasteiger partial charge in [-0.05, 0) is 19.3 Å². The van der Waals surface area contributed by atoms with E-state index in [1.165, 1.54) is 0 Å². The summed E-state index contributed by atoms with van der Waals surface area (Å²) in [6, 6.07) is 0. The largest absolute Gasteiger partial charge is 0.424 e. The summed E-state index contributed by atoms with van der Waals surface area (Å²) < 4.78 is 38.6. The second kappa shape index (κ2) is 7.79. The van der Waals surface area contributed by atoms with Gasteiger partial charge in [-0.15, -0.1) is 0 Å². The molecule has 2 heterocycles. The van der Waals surface area contributed by atoms with Crippen molar-refractivity contribution in [3.63, 3.8) is 0 Å². The minimum absolute atomic E-state index is 0.150. The number of carbonyl (C=O) groups excluding carboxylic acids is 2. The molecule has 156 valence electrons. The molecule has 2 aliphatic rings. The van der Waals surface area contributed by atoms with Gasteiger partial charge >= 0.3 is 22.3 Å². The maximum absolute atomic E-state index is 13.2. The number of esters is 1.